The van der Waals surface area contributed by atoms with Gasteiger partial charge in [0.15, 0.2) is 0 Å². The number of benzene rings is 1. The lowest BCUT2D eigenvalue weighted by atomic mass is 10.2. The van der Waals surface area contributed by atoms with Crippen LogP contribution in [0.5, 0.6) is 0 Å². The number of nitrogen functional groups attached to an aromatic ring is 1. The Kier molecular flexibility index (Phi) is 4.13. The summed E-state index contributed by atoms with van der Waals surface area (Å²) in [6, 6.07) is 3.32. The fourth-order valence-corrected chi connectivity index (χ4v) is 1.29. The van der Waals surface area contributed by atoms with Gasteiger partial charge in [-0.2, -0.15) is 0 Å². The third-order valence-electron chi connectivity index (χ3n) is 1.69. The van der Waals surface area contributed by atoms with Crippen molar-refractivity contribution in [1.29, 1.82) is 0 Å². The normalized spacial score (nSPS) is 9.36. The lowest BCUT2D eigenvalue weighted by Gasteiger charge is -2.00. The van der Waals surface area contributed by atoms with Gasteiger partial charge in [-0.25, -0.2) is 0 Å². The standard InChI is InChI=1S/C11H11Cl2N/c1-2-3-4-5-8-6-9(12)10(13)7-11(8)14/h6-7H,2-3,14H2,1H3. The molecule has 0 amide bonds. The summed E-state index contributed by atoms with van der Waals surface area (Å²) in [6.45, 7) is 2.08. The van der Waals surface area contributed by atoms with Crippen LogP contribution in [0.25, 0.3) is 0 Å². The highest BCUT2D eigenvalue weighted by Gasteiger charge is 2.02. The molecule has 2 N–H and O–H groups in total. The van der Waals surface area contributed by atoms with Crippen molar-refractivity contribution in [3.63, 3.8) is 0 Å². The quantitative estimate of drug-likeness (QED) is 0.575. The first-order valence-corrected chi connectivity index (χ1v) is 5.14. The average molecular weight is 228 g/mol. The summed E-state index contributed by atoms with van der Waals surface area (Å²) in [5.74, 6) is 5.97. The Morgan fingerprint density at radius 3 is 2.57 bits per heavy atom. The smallest absolute Gasteiger partial charge is 0.0613 e. The van der Waals surface area contributed by atoms with Crippen LogP contribution in [0.3, 0.4) is 0 Å². The van der Waals surface area contributed by atoms with E-state index in [1.54, 1.807) is 12.1 Å². The minimum Gasteiger partial charge on any atom is -0.398 e. The third-order valence-corrected chi connectivity index (χ3v) is 2.41. The van der Waals surface area contributed by atoms with Gasteiger partial charge in [-0.1, -0.05) is 42.0 Å². The van der Waals surface area contributed by atoms with Crippen LogP contribution in [-0.2, 0) is 0 Å². The molecule has 0 atom stereocenters. The van der Waals surface area contributed by atoms with Crippen molar-refractivity contribution in [3.8, 4) is 11.8 Å². The zero-order valence-corrected chi connectivity index (χ0v) is 9.41. The monoisotopic (exact) mass is 227 g/mol. The Morgan fingerprint density at radius 1 is 1.29 bits per heavy atom. The first-order valence-electron chi connectivity index (χ1n) is 4.38. The second kappa shape index (κ2) is 5.14. The first-order chi connectivity index (χ1) is 6.65. The van der Waals surface area contributed by atoms with E-state index >= 15 is 0 Å². The van der Waals surface area contributed by atoms with Gasteiger partial charge >= 0.3 is 0 Å². The van der Waals surface area contributed by atoms with Gasteiger partial charge in [0.1, 0.15) is 0 Å². The van der Waals surface area contributed by atoms with E-state index in [-0.39, 0.29) is 0 Å². The van der Waals surface area contributed by atoms with Gasteiger partial charge in [0.05, 0.1) is 10.0 Å². The summed E-state index contributed by atoms with van der Waals surface area (Å²) in [7, 11) is 0. The zero-order valence-electron chi connectivity index (χ0n) is 7.90. The maximum atomic E-state index is 5.84. The predicted molar refractivity (Wildman–Crippen MR) is 62.7 cm³/mol. The van der Waals surface area contributed by atoms with E-state index in [2.05, 4.69) is 18.8 Å². The number of hydrogen-bond donors (Lipinski definition) is 1. The largest absolute Gasteiger partial charge is 0.398 e. The molecule has 1 nitrogen and oxygen atoms in total. The molecular formula is C11H11Cl2N. The summed E-state index contributed by atoms with van der Waals surface area (Å²) >= 11 is 11.6. The highest BCUT2D eigenvalue weighted by atomic mass is 35.5. The molecule has 1 aromatic rings. The van der Waals surface area contributed by atoms with Crippen LogP contribution in [0.2, 0.25) is 10.0 Å². The Labute approximate surface area is 94.2 Å². The van der Waals surface area contributed by atoms with Gasteiger partial charge in [0, 0.05) is 17.7 Å². The number of unbranched alkanes of at least 4 members (excludes halogenated alkanes) is 1. The predicted octanol–water partition coefficient (Wildman–Crippen LogP) is 3.73. The maximum Gasteiger partial charge on any atom is 0.0613 e. The summed E-state index contributed by atoms with van der Waals surface area (Å²) in [6.07, 6.45) is 1.90. The molecule has 0 aliphatic rings. The summed E-state index contributed by atoms with van der Waals surface area (Å²) in [4.78, 5) is 0. The Morgan fingerprint density at radius 2 is 1.93 bits per heavy atom. The fraction of sp³-hybridized carbons (Fsp3) is 0.273. The van der Waals surface area contributed by atoms with Gasteiger partial charge in [-0.3, -0.25) is 0 Å². The van der Waals surface area contributed by atoms with Crippen LogP contribution in [0.15, 0.2) is 12.1 Å². The lowest BCUT2D eigenvalue weighted by molar-refractivity contribution is 0.983. The third kappa shape index (κ3) is 2.83. The zero-order chi connectivity index (χ0) is 10.6. The molecule has 0 unspecified atom stereocenters. The van der Waals surface area contributed by atoms with Gasteiger partial charge in [-0.15, -0.1) is 0 Å². The summed E-state index contributed by atoms with van der Waals surface area (Å²) < 4.78 is 0. The van der Waals surface area contributed by atoms with Crippen molar-refractivity contribution in [1.82, 2.24) is 0 Å². The fourth-order valence-electron chi connectivity index (χ4n) is 0.953. The molecule has 0 spiro atoms. The minimum atomic E-state index is 0.463. The summed E-state index contributed by atoms with van der Waals surface area (Å²) in [5, 5.41) is 0.951. The molecule has 0 aromatic heterocycles. The second-order valence-corrected chi connectivity index (χ2v) is 3.72. The molecule has 0 bridgehead atoms. The van der Waals surface area contributed by atoms with Crippen molar-refractivity contribution >= 4 is 28.9 Å². The number of halogens is 2. The van der Waals surface area contributed by atoms with Crippen LogP contribution in [0.1, 0.15) is 25.3 Å². The highest BCUT2D eigenvalue weighted by molar-refractivity contribution is 6.42. The molecule has 0 heterocycles. The summed E-state index contributed by atoms with van der Waals surface area (Å²) in [5.41, 5.74) is 7.04. The van der Waals surface area contributed by atoms with Crippen LogP contribution < -0.4 is 5.73 Å². The molecule has 1 rings (SSSR count). The molecule has 0 fully saturated rings. The molecule has 0 aliphatic carbocycles. The van der Waals surface area contributed by atoms with Crippen molar-refractivity contribution in [2.75, 3.05) is 5.73 Å². The average Bonchev–Trinajstić information content (AvgIpc) is 2.14. The molecule has 1 aromatic carbocycles. The lowest BCUT2D eigenvalue weighted by Crippen LogP contribution is -1.90. The first kappa shape index (κ1) is 11.2. The Bertz CT molecular complexity index is 388. The van der Waals surface area contributed by atoms with Gasteiger partial charge in [0.2, 0.25) is 0 Å². The topological polar surface area (TPSA) is 26.0 Å². The number of anilines is 1. The van der Waals surface area contributed by atoms with Crippen molar-refractivity contribution < 1.29 is 0 Å². The Balaban J connectivity index is 3.00. The molecule has 14 heavy (non-hydrogen) atoms. The van der Waals surface area contributed by atoms with Crippen LogP contribution in [-0.4, -0.2) is 0 Å². The molecule has 0 saturated heterocycles. The molecule has 0 saturated carbocycles. The van der Waals surface area contributed by atoms with Crippen molar-refractivity contribution in [2.24, 2.45) is 0 Å². The van der Waals surface area contributed by atoms with Crippen LogP contribution in [0.4, 0.5) is 5.69 Å². The van der Waals surface area contributed by atoms with E-state index in [0.717, 1.165) is 18.4 Å². The molecule has 3 heteroatoms. The van der Waals surface area contributed by atoms with Gasteiger partial charge in [0.25, 0.3) is 0 Å². The van der Waals surface area contributed by atoms with E-state index < -0.39 is 0 Å². The molecule has 74 valence electrons. The molecular weight excluding hydrogens is 217 g/mol. The van der Waals surface area contributed by atoms with Crippen molar-refractivity contribution in [2.45, 2.75) is 19.8 Å². The molecule has 0 radical (unpaired) electrons. The van der Waals surface area contributed by atoms with E-state index in [1.165, 1.54) is 0 Å². The highest BCUT2D eigenvalue weighted by Crippen LogP contribution is 2.26. The van der Waals surface area contributed by atoms with E-state index in [0.29, 0.717) is 15.7 Å². The van der Waals surface area contributed by atoms with E-state index in [4.69, 9.17) is 28.9 Å². The number of nitrogens with two attached hydrogens (primary N) is 1. The van der Waals surface area contributed by atoms with Gasteiger partial charge in [-0.05, 0) is 18.6 Å². The van der Waals surface area contributed by atoms with Gasteiger partial charge < -0.3 is 5.73 Å². The van der Waals surface area contributed by atoms with E-state index in [1.807, 2.05) is 0 Å². The SMILES string of the molecule is CCCC#Cc1cc(Cl)c(Cl)cc1N. The van der Waals surface area contributed by atoms with Crippen molar-refractivity contribution in [3.05, 3.63) is 27.7 Å². The second-order valence-electron chi connectivity index (χ2n) is 2.91. The van der Waals surface area contributed by atoms with Crippen LogP contribution >= 0.6 is 23.2 Å². The number of hydrogen-bond acceptors (Lipinski definition) is 1. The minimum absolute atomic E-state index is 0.463. The maximum absolute atomic E-state index is 5.84. The molecule has 0 aliphatic heterocycles. The van der Waals surface area contributed by atoms with E-state index in [9.17, 15) is 0 Å². The Hall–Kier alpha value is -0.840. The number of rotatable bonds is 1. The van der Waals surface area contributed by atoms with Crippen LogP contribution in [0, 0.1) is 11.8 Å².